The number of H-pyrrole nitrogens is 1. The third-order valence-corrected chi connectivity index (χ3v) is 7.64. The molecule has 152 valence electrons. The molecule has 1 aliphatic heterocycles. The van der Waals surface area contributed by atoms with Crippen LogP contribution in [0.15, 0.2) is 53.4 Å². The van der Waals surface area contributed by atoms with Crippen LogP contribution in [-0.4, -0.2) is 48.1 Å². The number of rotatable bonds is 5. The van der Waals surface area contributed by atoms with E-state index in [9.17, 15) is 13.2 Å². The topological polar surface area (TPSA) is 73.5 Å². The van der Waals surface area contributed by atoms with Gasteiger partial charge in [-0.2, -0.15) is 4.31 Å². The van der Waals surface area contributed by atoms with Gasteiger partial charge in [-0.1, -0.05) is 38.1 Å². The van der Waals surface area contributed by atoms with Crippen LogP contribution in [-0.2, 0) is 23.0 Å². The van der Waals surface area contributed by atoms with Crippen LogP contribution in [0.3, 0.4) is 0 Å². The first-order valence-corrected chi connectivity index (χ1v) is 11.4. The fourth-order valence-electron chi connectivity index (χ4n) is 4.02. The summed E-state index contributed by atoms with van der Waals surface area (Å²) in [7, 11) is -3.60. The lowest BCUT2D eigenvalue weighted by Gasteiger charge is -2.27. The highest BCUT2D eigenvalue weighted by Crippen LogP contribution is 2.28. The van der Waals surface area contributed by atoms with Gasteiger partial charge in [-0.05, 0) is 24.3 Å². The van der Waals surface area contributed by atoms with E-state index in [0.29, 0.717) is 31.7 Å². The summed E-state index contributed by atoms with van der Waals surface area (Å²) < 4.78 is 27.0. The number of hydrogen-bond acceptors (Lipinski definition) is 3. The second kappa shape index (κ2) is 7.65. The van der Waals surface area contributed by atoms with E-state index in [1.165, 1.54) is 16.1 Å². The van der Waals surface area contributed by atoms with Gasteiger partial charge in [0.25, 0.3) is 5.91 Å². The summed E-state index contributed by atoms with van der Waals surface area (Å²) in [5.41, 5.74) is 3.81. The number of amides is 1. The maximum absolute atomic E-state index is 13.2. The molecule has 2 heterocycles. The Bertz CT molecular complexity index is 1160. The molecule has 0 radical (unpaired) electrons. The Kier molecular flexibility index (Phi) is 5.19. The summed E-state index contributed by atoms with van der Waals surface area (Å²) in [6.07, 6.45) is 0.757. The second-order valence-electron chi connectivity index (χ2n) is 7.22. The molecule has 1 N–H and O–H groups in total. The summed E-state index contributed by atoms with van der Waals surface area (Å²) in [4.78, 5) is 18.6. The summed E-state index contributed by atoms with van der Waals surface area (Å²) in [5.74, 6) is -0.141. The standard InChI is InChI=1S/C22H25N3O3S/c1-3-25(4-2)29(27,28)17-9-7-8-16(14-17)22(26)24-13-12-21-19(15-24)18-10-5-6-11-20(18)23-21/h5-11,14,23H,3-4,12-13,15H2,1-2H3. The molecule has 29 heavy (non-hydrogen) atoms. The van der Waals surface area contributed by atoms with Crippen LogP contribution in [0, 0.1) is 0 Å². The minimum Gasteiger partial charge on any atom is -0.358 e. The van der Waals surface area contributed by atoms with Crippen molar-refractivity contribution < 1.29 is 13.2 Å². The van der Waals surface area contributed by atoms with Gasteiger partial charge in [0.05, 0.1) is 4.90 Å². The number of para-hydroxylation sites is 1. The first-order chi connectivity index (χ1) is 14.0. The van der Waals surface area contributed by atoms with Crippen molar-refractivity contribution in [1.29, 1.82) is 0 Å². The number of nitrogens with one attached hydrogen (secondary N) is 1. The van der Waals surface area contributed by atoms with E-state index < -0.39 is 10.0 Å². The van der Waals surface area contributed by atoms with E-state index in [1.807, 2.05) is 32.0 Å². The van der Waals surface area contributed by atoms with Crippen LogP contribution in [0.2, 0.25) is 0 Å². The molecule has 0 spiro atoms. The molecule has 0 saturated carbocycles. The molecule has 0 saturated heterocycles. The maximum Gasteiger partial charge on any atom is 0.254 e. The summed E-state index contributed by atoms with van der Waals surface area (Å²) >= 11 is 0. The number of aromatic amines is 1. The molecule has 1 aromatic heterocycles. The Balaban J connectivity index is 1.63. The summed E-state index contributed by atoms with van der Waals surface area (Å²) in [6.45, 7) is 5.53. The van der Waals surface area contributed by atoms with E-state index in [2.05, 4.69) is 11.1 Å². The average molecular weight is 412 g/mol. The van der Waals surface area contributed by atoms with Gasteiger partial charge in [0, 0.05) is 60.3 Å². The van der Waals surface area contributed by atoms with Crippen LogP contribution in [0.5, 0.6) is 0 Å². The molecule has 1 amide bonds. The molecule has 7 heteroatoms. The predicted octanol–water partition coefficient (Wildman–Crippen LogP) is 3.40. The zero-order valence-corrected chi connectivity index (χ0v) is 17.5. The normalized spacial score (nSPS) is 14.4. The van der Waals surface area contributed by atoms with Crippen LogP contribution >= 0.6 is 0 Å². The molecular formula is C22H25N3O3S. The van der Waals surface area contributed by atoms with Crippen molar-refractivity contribution in [2.75, 3.05) is 19.6 Å². The SMILES string of the molecule is CCN(CC)S(=O)(=O)c1cccc(C(=O)N2CCc3[nH]c4ccccc4c3C2)c1. The van der Waals surface area contributed by atoms with E-state index >= 15 is 0 Å². The lowest BCUT2D eigenvalue weighted by molar-refractivity contribution is 0.0735. The minimum atomic E-state index is -3.60. The second-order valence-corrected chi connectivity index (χ2v) is 9.16. The number of fused-ring (bicyclic) bond motifs is 3. The van der Waals surface area contributed by atoms with Gasteiger partial charge < -0.3 is 9.88 Å². The monoisotopic (exact) mass is 411 g/mol. The molecular weight excluding hydrogens is 386 g/mol. The number of carbonyl (C=O) groups excluding carboxylic acids is 1. The highest BCUT2D eigenvalue weighted by atomic mass is 32.2. The molecule has 0 atom stereocenters. The summed E-state index contributed by atoms with van der Waals surface area (Å²) in [6, 6.07) is 14.5. The molecule has 0 bridgehead atoms. The number of carbonyl (C=O) groups is 1. The van der Waals surface area contributed by atoms with Gasteiger partial charge in [0.2, 0.25) is 10.0 Å². The Hall–Kier alpha value is -2.64. The third kappa shape index (κ3) is 3.45. The first kappa shape index (κ1) is 19.7. The van der Waals surface area contributed by atoms with Gasteiger partial charge in [0.1, 0.15) is 0 Å². The molecule has 1 aliphatic rings. The maximum atomic E-state index is 13.2. The number of aromatic nitrogens is 1. The quantitative estimate of drug-likeness (QED) is 0.699. The number of sulfonamides is 1. The zero-order valence-electron chi connectivity index (χ0n) is 16.7. The molecule has 3 aromatic rings. The first-order valence-electron chi connectivity index (χ1n) is 9.93. The van der Waals surface area contributed by atoms with Crippen molar-refractivity contribution in [3.05, 3.63) is 65.4 Å². The van der Waals surface area contributed by atoms with Crippen molar-refractivity contribution in [2.24, 2.45) is 0 Å². The third-order valence-electron chi connectivity index (χ3n) is 5.59. The minimum absolute atomic E-state index is 0.141. The van der Waals surface area contributed by atoms with Gasteiger partial charge >= 0.3 is 0 Å². The molecule has 2 aromatic carbocycles. The highest BCUT2D eigenvalue weighted by molar-refractivity contribution is 7.89. The van der Waals surface area contributed by atoms with Crippen LogP contribution < -0.4 is 0 Å². The van der Waals surface area contributed by atoms with Gasteiger partial charge in [-0.25, -0.2) is 8.42 Å². The van der Waals surface area contributed by atoms with Crippen LogP contribution in [0.25, 0.3) is 10.9 Å². The predicted molar refractivity (Wildman–Crippen MR) is 113 cm³/mol. The Morgan fingerprint density at radius 3 is 2.62 bits per heavy atom. The van der Waals surface area contributed by atoms with Crippen molar-refractivity contribution >= 4 is 26.8 Å². The number of hydrogen-bond donors (Lipinski definition) is 1. The van der Waals surface area contributed by atoms with Crippen molar-refractivity contribution in [3.8, 4) is 0 Å². The Morgan fingerprint density at radius 1 is 1.10 bits per heavy atom. The molecule has 0 unspecified atom stereocenters. The van der Waals surface area contributed by atoms with E-state index in [0.717, 1.165) is 22.9 Å². The van der Waals surface area contributed by atoms with Crippen molar-refractivity contribution in [1.82, 2.24) is 14.2 Å². The number of benzene rings is 2. The molecule has 4 rings (SSSR count). The van der Waals surface area contributed by atoms with Crippen LogP contribution in [0.4, 0.5) is 0 Å². The largest absolute Gasteiger partial charge is 0.358 e. The molecule has 0 aliphatic carbocycles. The van der Waals surface area contributed by atoms with Crippen molar-refractivity contribution in [2.45, 2.75) is 31.7 Å². The van der Waals surface area contributed by atoms with Crippen molar-refractivity contribution in [3.63, 3.8) is 0 Å². The summed E-state index contributed by atoms with van der Waals surface area (Å²) in [5, 5.41) is 1.14. The van der Waals surface area contributed by atoms with E-state index in [1.54, 1.807) is 23.1 Å². The lowest BCUT2D eigenvalue weighted by atomic mass is 10.0. The van der Waals surface area contributed by atoms with E-state index in [-0.39, 0.29) is 10.8 Å². The fraction of sp³-hybridized carbons (Fsp3) is 0.318. The Morgan fingerprint density at radius 2 is 1.86 bits per heavy atom. The Labute approximate surface area is 171 Å². The number of nitrogens with zero attached hydrogens (tertiary/aromatic N) is 2. The van der Waals surface area contributed by atoms with Gasteiger partial charge in [-0.15, -0.1) is 0 Å². The zero-order chi connectivity index (χ0) is 20.6. The lowest BCUT2D eigenvalue weighted by Crippen LogP contribution is -2.36. The van der Waals surface area contributed by atoms with Gasteiger partial charge in [-0.3, -0.25) is 4.79 Å². The van der Waals surface area contributed by atoms with E-state index in [4.69, 9.17) is 0 Å². The molecule has 6 nitrogen and oxygen atoms in total. The average Bonchev–Trinajstić information content (AvgIpc) is 3.12. The van der Waals surface area contributed by atoms with Gasteiger partial charge in [0.15, 0.2) is 0 Å². The van der Waals surface area contributed by atoms with Crippen LogP contribution in [0.1, 0.15) is 35.5 Å². The molecule has 0 fully saturated rings. The fourth-order valence-corrected chi connectivity index (χ4v) is 5.53. The smallest absolute Gasteiger partial charge is 0.254 e. The highest BCUT2D eigenvalue weighted by Gasteiger charge is 2.27.